The molecule has 0 radical (unpaired) electrons. The molecule has 24 heavy (non-hydrogen) atoms. The Bertz CT molecular complexity index is 1080. The summed E-state index contributed by atoms with van der Waals surface area (Å²) in [5, 5.41) is 0.888. The summed E-state index contributed by atoms with van der Waals surface area (Å²) < 4.78 is 27.3. The third-order valence-corrected chi connectivity index (χ3v) is 6.86. The van der Waals surface area contributed by atoms with Crippen LogP contribution in [-0.4, -0.2) is 13.4 Å². The minimum absolute atomic E-state index is 0.0442. The Morgan fingerprint density at radius 1 is 1.08 bits per heavy atom. The van der Waals surface area contributed by atoms with Crippen molar-refractivity contribution < 1.29 is 8.42 Å². The Balaban J connectivity index is 1.91. The lowest BCUT2D eigenvalue weighted by Crippen LogP contribution is -2.26. The SMILES string of the molecule is Cc1ccc(S(=O)(=O)NCc2cc3cc(C)c(C)cc3[nH]c2=O)s1. The highest BCUT2D eigenvalue weighted by Crippen LogP contribution is 2.21. The summed E-state index contributed by atoms with van der Waals surface area (Å²) in [5.74, 6) is 0. The van der Waals surface area contributed by atoms with E-state index in [0.717, 1.165) is 26.9 Å². The van der Waals surface area contributed by atoms with Gasteiger partial charge in [-0.15, -0.1) is 11.3 Å². The highest BCUT2D eigenvalue weighted by atomic mass is 32.2. The van der Waals surface area contributed by atoms with Crippen molar-refractivity contribution in [1.82, 2.24) is 9.71 Å². The van der Waals surface area contributed by atoms with Crippen molar-refractivity contribution in [1.29, 1.82) is 0 Å². The van der Waals surface area contributed by atoms with Crippen LogP contribution in [0.4, 0.5) is 0 Å². The Kier molecular flexibility index (Phi) is 4.33. The molecule has 3 aromatic rings. The fourth-order valence-electron chi connectivity index (χ4n) is 2.45. The summed E-state index contributed by atoms with van der Waals surface area (Å²) in [7, 11) is -3.61. The maximum Gasteiger partial charge on any atom is 0.252 e. The zero-order valence-corrected chi connectivity index (χ0v) is 15.3. The maximum absolute atomic E-state index is 12.3. The van der Waals surface area contributed by atoms with Gasteiger partial charge in [-0.05, 0) is 67.6 Å². The zero-order valence-electron chi connectivity index (χ0n) is 13.6. The van der Waals surface area contributed by atoms with Gasteiger partial charge in [0.05, 0.1) is 0 Å². The summed E-state index contributed by atoms with van der Waals surface area (Å²) >= 11 is 1.20. The molecule has 3 rings (SSSR count). The molecule has 0 aliphatic heterocycles. The molecule has 5 nitrogen and oxygen atoms in total. The number of benzene rings is 1. The van der Waals surface area contributed by atoms with Gasteiger partial charge in [0.15, 0.2) is 0 Å². The van der Waals surface area contributed by atoms with Crippen LogP contribution in [0.25, 0.3) is 10.9 Å². The zero-order chi connectivity index (χ0) is 17.5. The van der Waals surface area contributed by atoms with Crippen LogP contribution >= 0.6 is 11.3 Å². The molecule has 126 valence electrons. The van der Waals surface area contributed by atoms with E-state index in [9.17, 15) is 13.2 Å². The number of hydrogen-bond donors (Lipinski definition) is 2. The van der Waals surface area contributed by atoms with Crippen LogP contribution in [0.2, 0.25) is 0 Å². The molecule has 7 heteroatoms. The van der Waals surface area contributed by atoms with Gasteiger partial charge in [0.25, 0.3) is 5.56 Å². The molecule has 2 heterocycles. The molecule has 0 atom stereocenters. The number of nitrogens with one attached hydrogen (secondary N) is 2. The molecule has 0 spiro atoms. The molecular weight excluding hydrogens is 344 g/mol. The maximum atomic E-state index is 12.3. The number of hydrogen-bond acceptors (Lipinski definition) is 4. The molecule has 0 bridgehead atoms. The highest BCUT2D eigenvalue weighted by molar-refractivity contribution is 7.91. The number of rotatable bonds is 4. The number of thiophene rings is 1. The van der Waals surface area contributed by atoms with E-state index in [0.29, 0.717) is 5.56 Å². The highest BCUT2D eigenvalue weighted by Gasteiger charge is 2.16. The number of H-pyrrole nitrogens is 1. The third-order valence-electron chi connectivity index (χ3n) is 3.97. The van der Waals surface area contributed by atoms with Gasteiger partial charge < -0.3 is 4.98 Å². The van der Waals surface area contributed by atoms with Crippen molar-refractivity contribution in [2.45, 2.75) is 31.5 Å². The van der Waals surface area contributed by atoms with Gasteiger partial charge >= 0.3 is 0 Å². The largest absolute Gasteiger partial charge is 0.322 e. The van der Waals surface area contributed by atoms with Crippen LogP contribution in [0, 0.1) is 20.8 Å². The Morgan fingerprint density at radius 2 is 1.79 bits per heavy atom. The number of pyridine rings is 1. The Hall–Kier alpha value is -1.96. The minimum Gasteiger partial charge on any atom is -0.322 e. The van der Waals surface area contributed by atoms with E-state index in [-0.39, 0.29) is 16.3 Å². The molecular formula is C17H18N2O3S2. The van der Waals surface area contributed by atoms with E-state index in [1.165, 1.54) is 11.3 Å². The first-order valence-corrected chi connectivity index (χ1v) is 9.75. The molecule has 0 amide bonds. The predicted octanol–water partition coefficient (Wildman–Crippen LogP) is 2.99. The molecule has 0 unspecified atom stereocenters. The topological polar surface area (TPSA) is 79.0 Å². The number of aromatic nitrogens is 1. The second kappa shape index (κ2) is 6.16. The molecule has 1 aromatic carbocycles. The Labute approximate surface area is 144 Å². The number of aromatic amines is 1. The summed E-state index contributed by atoms with van der Waals surface area (Å²) in [4.78, 5) is 15.9. The van der Waals surface area contributed by atoms with Gasteiger partial charge in [-0.25, -0.2) is 13.1 Å². The van der Waals surface area contributed by atoms with Gasteiger partial charge in [0.1, 0.15) is 4.21 Å². The second-order valence-electron chi connectivity index (χ2n) is 5.84. The molecule has 0 saturated carbocycles. The third kappa shape index (κ3) is 3.28. The van der Waals surface area contributed by atoms with Crippen LogP contribution in [0.15, 0.2) is 39.3 Å². The number of aryl methyl sites for hydroxylation is 3. The Morgan fingerprint density at radius 3 is 2.46 bits per heavy atom. The molecule has 0 saturated heterocycles. The van der Waals surface area contributed by atoms with E-state index < -0.39 is 10.0 Å². The number of sulfonamides is 1. The van der Waals surface area contributed by atoms with Crippen LogP contribution in [0.1, 0.15) is 21.6 Å². The van der Waals surface area contributed by atoms with E-state index in [1.807, 2.05) is 32.9 Å². The van der Waals surface area contributed by atoms with Crippen molar-refractivity contribution in [3.8, 4) is 0 Å². The monoisotopic (exact) mass is 362 g/mol. The van der Waals surface area contributed by atoms with E-state index in [2.05, 4.69) is 9.71 Å². The fraction of sp³-hybridized carbons (Fsp3) is 0.235. The normalized spacial score (nSPS) is 12.0. The molecule has 0 aliphatic carbocycles. The summed E-state index contributed by atoms with van der Waals surface area (Å²) in [5.41, 5.74) is 3.08. The standard InChI is InChI=1S/C17H18N2O3S2/c1-10-6-13-8-14(17(20)19-15(13)7-11(10)2)9-18-24(21,22)16-5-4-12(3)23-16/h4-8,18H,9H2,1-3H3,(H,19,20). The molecule has 0 fully saturated rings. The van der Waals surface area contributed by atoms with E-state index in [4.69, 9.17) is 0 Å². The summed E-state index contributed by atoms with van der Waals surface area (Å²) in [6.07, 6.45) is 0. The predicted molar refractivity (Wildman–Crippen MR) is 97.1 cm³/mol. The van der Waals surface area contributed by atoms with Crippen LogP contribution in [0.3, 0.4) is 0 Å². The van der Waals surface area contributed by atoms with Crippen molar-refractivity contribution in [3.63, 3.8) is 0 Å². The summed E-state index contributed by atoms with van der Waals surface area (Å²) in [6.45, 7) is 5.79. The lowest BCUT2D eigenvalue weighted by Gasteiger charge is -2.08. The van der Waals surface area contributed by atoms with Crippen molar-refractivity contribution in [2.75, 3.05) is 0 Å². The van der Waals surface area contributed by atoms with Crippen molar-refractivity contribution >= 4 is 32.3 Å². The van der Waals surface area contributed by atoms with Crippen molar-refractivity contribution in [2.24, 2.45) is 0 Å². The van der Waals surface area contributed by atoms with Gasteiger partial charge in [-0.3, -0.25) is 4.79 Å². The lowest BCUT2D eigenvalue weighted by atomic mass is 10.1. The van der Waals surface area contributed by atoms with Crippen LogP contribution in [-0.2, 0) is 16.6 Å². The fourth-order valence-corrected chi connectivity index (χ4v) is 4.79. The molecule has 2 N–H and O–H groups in total. The first-order valence-electron chi connectivity index (χ1n) is 7.45. The quantitative estimate of drug-likeness (QED) is 0.749. The van der Waals surface area contributed by atoms with Gasteiger partial charge in [-0.2, -0.15) is 0 Å². The van der Waals surface area contributed by atoms with E-state index >= 15 is 0 Å². The van der Waals surface area contributed by atoms with Crippen LogP contribution < -0.4 is 10.3 Å². The average Bonchev–Trinajstić information content (AvgIpc) is 2.95. The molecule has 0 aliphatic rings. The lowest BCUT2D eigenvalue weighted by molar-refractivity contribution is 0.583. The number of fused-ring (bicyclic) bond motifs is 1. The van der Waals surface area contributed by atoms with Gasteiger partial charge in [0.2, 0.25) is 10.0 Å². The van der Waals surface area contributed by atoms with E-state index in [1.54, 1.807) is 18.2 Å². The smallest absolute Gasteiger partial charge is 0.252 e. The van der Waals surface area contributed by atoms with Crippen LogP contribution in [0.5, 0.6) is 0 Å². The van der Waals surface area contributed by atoms with Crippen molar-refractivity contribution in [3.05, 3.63) is 62.3 Å². The van der Waals surface area contributed by atoms with Gasteiger partial charge in [0, 0.05) is 22.5 Å². The van der Waals surface area contributed by atoms with Gasteiger partial charge in [-0.1, -0.05) is 0 Å². The first kappa shape index (κ1) is 16.9. The molecule has 2 aromatic heterocycles. The summed E-state index contributed by atoms with van der Waals surface area (Å²) in [6, 6.07) is 8.98. The first-order chi connectivity index (χ1) is 11.3. The average molecular weight is 362 g/mol. The minimum atomic E-state index is -3.61. The second-order valence-corrected chi connectivity index (χ2v) is 9.12.